The Morgan fingerprint density at radius 1 is 1.12 bits per heavy atom. The lowest BCUT2D eigenvalue weighted by Crippen LogP contribution is -2.20. The first-order valence-electron chi connectivity index (χ1n) is 8.52. The van der Waals surface area contributed by atoms with Crippen molar-refractivity contribution >= 4 is 5.82 Å². The maximum Gasteiger partial charge on any atom is 0.204 e. The molecule has 1 aliphatic rings. The van der Waals surface area contributed by atoms with E-state index in [2.05, 4.69) is 48.7 Å². The summed E-state index contributed by atoms with van der Waals surface area (Å²) in [5, 5.41) is 14.1. The zero-order chi connectivity index (χ0) is 17.1. The van der Waals surface area contributed by atoms with Gasteiger partial charge in [-0.15, -0.1) is 10.2 Å². The summed E-state index contributed by atoms with van der Waals surface area (Å²) in [5.74, 6) is 1.90. The fourth-order valence-electron chi connectivity index (χ4n) is 3.41. The Morgan fingerprint density at radius 2 is 1.96 bits per heavy atom. The Labute approximate surface area is 146 Å². The van der Waals surface area contributed by atoms with Gasteiger partial charge in [0.15, 0.2) is 0 Å². The van der Waals surface area contributed by atoms with Crippen LogP contribution in [0.2, 0.25) is 0 Å². The number of benzene rings is 1. The molecule has 3 N–H and O–H groups in total. The largest absolute Gasteiger partial charge is 0.384 e. The number of hydrogen-bond donors (Lipinski definition) is 2. The standard InChI is InChI=1S/C18H21N7/c19-17-6-3-14(10-20-17)9-15-7-8-25(12-15)11-13-1-4-16(5-2-13)18-21-23-24-22-18/h1-6,10,15H,7-9,11-12H2,(H2,19,20)(H,21,22,23,24). The van der Waals surface area contributed by atoms with Gasteiger partial charge in [0, 0.05) is 24.8 Å². The lowest BCUT2D eigenvalue weighted by Gasteiger charge is -2.16. The zero-order valence-corrected chi connectivity index (χ0v) is 14.0. The highest BCUT2D eigenvalue weighted by atomic mass is 15.5. The number of nitrogens with one attached hydrogen (secondary N) is 1. The number of pyridine rings is 1. The molecule has 7 nitrogen and oxygen atoms in total. The Kier molecular flexibility index (Phi) is 4.39. The van der Waals surface area contributed by atoms with Gasteiger partial charge in [-0.25, -0.2) is 4.98 Å². The van der Waals surface area contributed by atoms with Crippen molar-refractivity contribution in [2.24, 2.45) is 5.92 Å². The minimum absolute atomic E-state index is 0.584. The van der Waals surface area contributed by atoms with Gasteiger partial charge in [0.25, 0.3) is 0 Å². The number of rotatable bonds is 5. The van der Waals surface area contributed by atoms with Gasteiger partial charge in [0.1, 0.15) is 5.82 Å². The number of aromatic nitrogens is 5. The third kappa shape index (κ3) is 3.83. The van der Waals surface area contributed by atoms with Crippen molar-refractivity contribution in [3.63, 3.8) is 0 Å². The molecule has 0 aliphatic carbocycles. The molecule has 3 aromatic rings. The highest BCUT2D eigenvalue weighted by Gasteiger charge is 2.22. The molecule has 7 heteroatoms. The predicted octanol–water partition coefficient (Wildman–Crippen LogP) is 1.91. The minimum atomic E-state index is 0.584. The van der Waals surface area contributed by atoms with Gasteiger partial charge in [-0.3, -0.25) is 4.90 Å². The Bertz CT molecular complexity index is 796. The van der Waals surface area contributed by atoms with Crippen molar-refractivity contribution in [3.05, 3.63) is 53.7 Å². The van der Waals surface area contributed by atoms with Crippen molar-refractivity contribution in [1.29, 1.82) is 0 Å². The maximum atomic E-state index is 5.65. The fraction of sp³-hybridized carbons (Fsp3) is 0.333. The molecule has 4 rings (SSSR count). The number of anilines is 1. The van der Waals surface area contributed by atoms with E-state index in [9.17, 15) is 0 Å². The van der Waals surface area contributed by atoms with Crippen LogP contribution in [0.1, 0.15) is 17.5 Å². The number of H-pyrrole nitrogens is 1. The minimum Gasteiger partial charge on any atom is -0.384 e. The van der Waals surface area contributed by atoms with Crippen LogP contribution in [-0.4, -0.2) is 43.6 Å². The van der Waals surface area contributed by atoms with Gasteiger partial charge < -0.3 is 5.73 Å². The van der Waals surface area contributed by atoms with Gasteiger partial charge in [-0.2, -0.15) is 5.21 Å². The van der Waals surface area contributed by atoms with Crippen LogP contribution in [0.25, 0.3) is 11.4 Å². The second kappa shape index (κ2) is 6.98. The second-order valence-corrected chi connectivity index (χ2v) is 6.62. The molecule has 1 unspecified atom stereocenters. The molecule has 0 bridgehead atoms. The van der Waals surface area contributed by atoms with Crippen LogP contribution in [0.15, 0.2) is 42.6 Å². The number of aromatic amines is 1. The third-order valence-corrected chi connectivity index (χ3v) is 4.71. The molecule has 25 heavy (non-hydrogen) atoms. The molecule has 128 valence electrons. The van der Waals surface area contributed by atoms with Crippen molar-refractivity contribution in [1.82, 2.24) is 30.5 Å². The fourth-order valence-corrected chi connectivity index (χ4v) is 3.41. The Balaban J connectivity index is 1.32. The number of nitrogens with two attached hydrogens (primary N) is 1. The molecule has 1 aliphatic heterocycles. The molecule has 1 aromatic carbocycles. The van der Waals surface area contributed by atoms with Crippen LogP contribution in [-0.2, 0) is 13.0 Å². The van der Waals surface area contributed by atoms with Crippen molar-refractivity contribution in [2.45, 2.75) is 19.4 Å². The van der Waals surface area contributed by atoms with Crippen LogP contribution >= 0.6 is 0 Å². The molecule has 3 heterocycles. The van der Waals surface area contributed by atoms with Gasteiger partial charge >= 0.3 is 0 Å². The molecular weight excluding hydrogens is 314 g/mol. The van der Waals surface area contributed by atoms with Crippen molar-refractivity contribution in [3.8, 4) is 11.4 Å². The summed E-state index contributed by atoms with van der Waals surface area (Å²) >= 11 is 0. The Morgan fingerprint density at radius 3 is 2.68 bits per heavy atom. The van der Waals surface area contributed by atoms with E-state index >= 15 is 0 Å². The van der Waals surface area contributed by atoms with E-state index < -0.39 is 0 Å². The van der Waals surface area contributed by atoms with Crippen LogP contribution < -0.4 is 5.73 Å². The topological polar surface area (TPSA) is 96.6 Å². The highest BCUT2D eigenvalue weighted by molar-refractivity contribution is 5.54. The number of nitrogens with zero attached hydrogens (tertiary/aromatic N) is 5. The Hall–Kier alpha value is -2.80. The molecule has 2 aromatic heterocycles. The SMILES string of the molecule is Nc1ccc(CC2CCN(Cc3ccc(-c4nn[nH]n4)cc3)C2)cn1. The zero-order valence-electron chi connectivity index (χ0n) is 14.0. The summed E-state index contributed by atoms with van der Waals surface area (Å²) < 4.78 is 0. The normalized spacial score (nSPS) is 17.8. The van der Waals surface area contributed by atoms with Crippen LogP contribution in [0.4, 0.5) is 5.82 Å². The summed E-state index contributed by atoms with van der Waals surface area (Å²) in [7, 11) is 0. The molecule has 0 saturated carbocycles. The lowest BCUT2D eigenvalue weighted by atomic mass is 10.00. The van der Waals surface area contributed by atoms with E-state index in [0.29, 0.717) is 17.6 Å². The number of hydrogen-bond acceptors (Lipinski definition) is 6. The van der Waals surface area contributed by atoms with Crippen LogP contribution in [0, 0.1) is 5.92 Å². The van der Waals surface area contributed by atoms with Gasteiger partial charge in [0.05, 0.1) is 0 Å². The maximum absolute atomic E-state index is 5.65. The summed E-state index contributed by atoms with van der Waals surface area (Å²) in [6.07, 6.45) is 4.19. The molecule has 1 saturated heterocycles. The van der Waals surface area contributed by atoms with Gasteiger partial charge in [0.2, 0.25) is 5.82 Å². The molecule has 0 amide bonds. The predicted molar refractivity (Wildman–Crippen MR) is 95.4 cm³/mol. The molecule has 0 radical (unpaired) electrons. The van der Waals surface area contributed by atoms with Crippen LogP contribution in [0.3, 0.4) is 0 Å². The molecule has 1 atom stereocenters. The first-order valence-corrected chi connectivity index (χ1v) is 8.52. The average Bonchev–Trinajstić information content (AvgIpc) is 3.30. The van der Waals surface area contributed by atoms with E-state index in [4.69, 9.17) is 5.73 Å². The number of tetrazole rings is 1. The number of likely N-dealkylation sites (tertiary alicyclic amines) is 1. The van der Waals surface area contributed by atoms with E-state index in [1.807, 2.05) is 24.4 Å². The highest BCUT2D eigenvalue weighted by Crippen LogP contribution is 2.23. The van der Waals surface area contributed by atoms with Crippen molar-refractivity contribution in [2.75, 3.05) is 18.8 Å². The number of nitrogen functional groups attached to an aromatic ring is 1. The van der Waals surface area contributed by atoms with E-state index in [1.54, 1.807) is 0 Å². The summed E-state index contributed by atoms with van der Waals surface area (Å²) in [6, 6.07) is 12.3. The summed E-state index contributed by atoms with van der Waals surface area (Å²) in [5.41, 5.74) is 9.21. The third-order valence-electron chi connectivity index (χ3n) is 4.71. The van der Waals surface area contributed by atoms with Crippen LogP contribution in [0.5, 0.6) is 0 Å². The van der Waals surface area contributed by atoms with E-state index in [1.165, 1.54) is 17.5 Å². The molecule has 0 spiro atoms. The first kappa shape index (κ1) is 15.7. The van der Waals surface area contributed by atoms with E-state index in [-0.39, 0.29) is 0 Å². The average molecular weight is 335 g/mol. The molecule has 1 fully saturated rings. The lowest BCUT2D eigenvalue weighted by molar-refractivity contribution is 0.316. The smallest absolute Gasteiger partial charge is 0.204 e. The summed E-state index contributed by atoms with van der Waals surface area (Å²) in [6.45, 7) is 3.24. The monoisotopic (exact) mass is 335 g/mol. The van der Waals surface area contributed by atoms with E-state index in [0.717, 1.165) is 31.6 Å². The first-order chi connectivity index (χ1) is 12.3. The van der Waals surface area contributed by atoms with Gasteiger partial charge in [-0.1, -0.05) is 30.3 Å². The van der Waals surface area contributed by atoms with Gasteiger partial charge in [-0.05, 0) is 47.7 Å². The second-order valence-electron chi connectivity index (χ2n) is 6.62. The summed E-state index contributed by atoms with van der Waals surface area (Å²) in [4.78, 5) is 6.70. The molecular formula is C18H21N7. The van der Waals surface area contributed by atoms with Crippen molar-refractivity contribution < 1.29 is 0 Å². The quantitative estimate of drug-likeness (QED) is 0.739.